The number of rotatable bonds is 4. The standard InChI is InChI=1S/C22H14FN3O3/c23-16-11-8-15(9-12-16)10-13-21-24-20-7-2-1-6-19(20)22(27)25(21)17-4-3-5-18(14-17)26(28)29/h1-14H/b13-10+. The van der Waals surface area contributed by atoms with Crippen molar-refractivity contribution in [3.8, 4) is 5.69 Å². The quantitative estimate of drug-likeness (QED) is 0.379. The van der Waals surface area contributed by atoms with E-state index in [0.717, 1.165) is 5.56 Å². The number of benzene rings is 3. The Morgan fingerprint density at radius 3 is 2.48 bits per heavy atom. The van der Waals surface area contributed by atoms with Gasteiger partial charge in [0.2, 0.25) is 0 Å². The maximum absolute atomic E-state index is 13.2. The van der Waals surface area contributed by atoms with Crippen molar-refractivity contribution in [3.05, 3.63) is 110 Å². The van der Waals surface area contributed by atoms with Crippen molar-refractivity contribution >= 4 is 28.7 Å². The molecule has 4 rings (SSSR count). The predicted octanol–water partition coefficient (Wildman–Crippen LogP) is 4.60. The van der Waals surface area contributed by atoms with E-state index in [2.05, 4.69) is 4.98 Å². The van der Waals surface area contributed by atoms with Crippen molar-refractivity contribution in [1.29, 1.82) is 0 Å². The number of non-ortho nitro benzene ring substituents is 1. The van der Waals surface area contributed by atoms with Gasteiger partial charge in [-0.1, -0.05) is 36.4 Å². The number of fused-ring (bicyclic) bond motifs is 1. The van der Waals surface area contributed by atoms with Gasteiger partial charge < -0.3 is 0 Å². The SMILES string of the molecule is O=c1c2ccccc2nc(/C=C/c2ccc(F)cc2)n1-c1cccc([N+](=O)[O-])c1. The number of nitrogens with zero attached hydrogens (tertiary/aromatic N) is 3. The van der Waals surface area contributed by atoms with Gasteiger partial charge in [-0.2, -0.15) is 0 Å². The summed E-state index contributed by atoms with van der Waals surface area (Å²) < 4.78 is 14.5. The second kappa shape index (κ2) is 7.47. The lowest BCUT2D eigenvalue weighted by Gasteiger charge is -2.11. The Kier molecular flexibility index (Phi) is 4.70. The molecule has 4 aromatic rings. The lowest BCUT2D eigenvalue weighted by Crippen LogP contribution is -2.22. The van der Waals surface area contributed by atoms with Gasteiger partial charge in [0.15, 0.2) is 0 Å². The first-order valence-electron chi connectivity index (χ1n) is 8.73. The molecule has 1 heterocycles. The molecule has 6 nitrogen and oxygen atoms in total. The number of halogens is 1. The van der Waals surface area contributed by atoms with E-state index in [0.29, 0.717) is 22.4 Å². The summed E-state index contributed by atoms with van der Waals surface area (Å²) in [6, 6.07) is 18.6. The lowest BCUT2D eigenvalue weighted by atomic mass is 10.2. The number of hydrogen-bond acceptors (Lipinski definition) is 4. The van der Waals surface area contributed by atoms with Gasteiger partial charge in [0, 0.05) is 12.1 Å². The van der Waals surface area contributed by atoms with Crippen LogP contribution in [-0.4, -0.2) is 14.5 Å². The molecule has 0 aliphatic rings. The molecule has 142 valence electrons. The average molecular weight is 387 g/mol. The van der Waals surface area contributed by atoms with Gasteiger partial charge in [-0.05, 0) is 42.0 Å². The first-order valence-corrected chi connectivity index (χ1v) is 8.73. The summed E-state index contributed by atoms with van der Waals surface area (Å²) in [5.74, 6) is -0.0435. The molecule has 0 aliphatic carbocycles. The van der Waals surface area contributed by atoms with Crippen LogP contribution in [0.4, 0.5) is 10.1 Å². The Morgan fingerprint density at radius 2 is 1.72 bits per heavy atom. The summed E-state index contributed by atoms with van der Waals surface area (Å²) in [5.41, 5.74) is 1.10. The van der Waals surface area contributed by atoms with Crippen molar-refractivity contribution in [3.63, 3.8) is 0 Å². The van der Waals surface area contributed by atoms with Crippen LogP contribution in [0.15, 0.2) is 77.6 Å². The number of nitro benzene ring substituents is 1. The fourth-order valence-electron chi connectivity index (χ4n) is 3.00. The van der Waals surface area contributed by atoms with Gasteiger partial charge in [0.25, 0.3) is 11.2 Å². The normalized spacial score (nSPS) is 11.2. The predicted molar refractivity (Wildman–Crippen MR) is 109 cm³/mol. The monoisotopic (exact) mass is 387 g/mol. The molecule has 29 heavy (non-hydrogen) atoms. The first kappa shape index (κ1) is 18.2. The minimum absolute atomic E-state index is 0.129. The summed E-state index contributed by atoms with van der Waals surface area (Å²) in [7, 11) is 0. The van der Waals surface area contributed by atoms with Crippen LogP contribution in [0.2, 0.25) is 0 Å². The summed E-state index contributed by atoms with van der Waals surface area (Å²) in [6.45, 7) is 0. The topological polar surface area (TPSA) is 78.0 Å². The molecule has 0 N–H and O–H groups in total. The smallest absolute Gasteiger partial charge is 0.268 e. The van der Waals surface area contributed by atoms with E-state index < -0.39 is 4.92 Å². The summed E-state index contributed by atoms with van der Waals surface area (Å²) in [5, 5.41) is 11.6. The van der Waals surface area contributed by atoms with Crippen molar-refractivity contribution in [2.45, 2.75) is 0 Å². The Labute approximate surface area is 164 Å². The molecule has 0 saturated heterocycles. The zero-order valence-electron chi connectivity index (χ0n) is 15.0. The van der Waals surface area contributed by atoms with Crippen LogP contribution in [0, 0.1) is 15.9 Å². The van der Waals surface area contributed by atoms with Crippen LogP contribution in [-0.2, 0) is 0 Å². The Hall–Kier alpha value is -4.13. The maximum atomic E-state index is 13.2. The molecule has 3 aromatic carbocycles. The van der Waals surface area contributed by atoms with Gasteiger partial charge in [0.05, 0.1) is 21.5 Å². The molecule has 0 saturated carbocycles. The lowest BCUT2D eigenvalue weighted by molar-refractivity contribution is -0.384. The van der Waals surface area contributed by atoms with Gasteiger partial charge in [-0.25, -0.2) is 9.37 Å². The second-order valence-electron chi connectivity index (χ2n) is 6.29. The van der Waals surface area contributed by atoms with Crippen molar-refractivity contribution in [2.75, 3.05) is 0 Å². The van der Waals surface area contributed by atoms with E-state index in [1.807, 2.05) is 0 Å². The molecule has 0 amide bonds. The van der Waals surface area contributed by atoms with Crippen LogP contribution in [0.1, 0.15) is 11.4 Å². The number of nitro groups is 1. The van der Waals surface area contributed by atoms with Gasteiger partial charge in [-0.3, -0.25) is 19.5 Å². The van der Waals surface area contributed by atoms with Crippen LogP contribution < -0.4 is 5.56 Å². The van der Waals surface area contributed by atoms with Crippen molar-refractivity contribution < 1.29 is 9.31 Å². The number of hydrogen-bond donors (Lipinski definition) is 0. The van der Waals surface area contributed by atoms with Crippen LogP contribution in [0.25, 0.3) is 28.7 Å². The fourth-order valence-corrected chi connectivity index (χ4v) is 3.00. The second-order valence-corrected chi connectivity index (χ2v) is 6.29. The van der Waals surface area contributed by atoms with Gasteiger partial charge >= 0.3 is 0 Å². The fraction of sp³-hybridized carbons (Fsp3) is 0. The van der Waals surface area contributed by atoms with Crippen molar-refractivity contribution in [1.82, 2.24) is 9.55 Å². The molecule has 0 fully saturated rings. The van der Waals surface area contributed by atoms with Crippen molar-refractivity contribution in [2.24, 2.45) is 0 Å². The third-order valence-electron chi connectivity index (χ3n) is 4.40. The van der Waals surface area contributed by atoms with E-state index in [1.54, 1.807) is 54.6 Å². The zero-order chi connectivity index (χ0) is 20.4. The van der Waals surface area contributed by atoms with Crippen LogP contribution in [0.3, 0.4) is 0 Å². The van der Waals surface area contributed by atoms with Crippen LogP contribution in [0.5, 0.6) is 0 Å². The minimum atomic E-state index is -0.517. The highest BCUT2D eigenvalue weighted by atomic mass is 19.1. The first-order chi connectivity index (χ1) is 14.0. The van der Waals surface area contributed by atoms with Gasteiger partial charge in [-0.15, -0.1) is 0 Å². The Bertz CT molecular complexity index is 1310. The summed E-state index contributed by atoms with van der Waals surface area (Å²) in [6.07, 6.45) is 3.32. The maximum Gasteiger partial charge on any atom is 0.271 e. The van der Waals surface area contributed by atoms with E-state index in [9.17, 15) is 19.3 Å². The highest BCUT2D eigenvalue weighted by molar-refractivity contribution is 5.80. The number of para-hydroxylation sites is 1. The van der Waals surface area contributed by atoms with E-state index in [1.165, 1.54) is 34.9 Å². The molecular weight excluding hydrogens is 373 g/mol. The van der Waals surface area contributed by atoms with Crippen LogP contribution >= 0.6 is 0 Å². The summed E-state index contributed by atoms with van der Waals surface area (Å²) >= 11 is 0. The van der Waals surface area contributed by atoms with E-state index in [4.69, 9.17) is 0 Å². The summed E-state index contributed by atoms with van der Waals surface area (Å²) in [4.78, 5) is 28.4. The third kappa shape index (κ3) is 3.66. The molecule has 0 aliphatic heterocycles. The Morgan fingerprint density at radius 1 is 0.966 bits per heavy atom. The molecule has 0 spiro atoms. The molecule has 1 aromatic heterocycles. The van der Waals surface area contributed by atoms with Gasteiger partial charge in [0.1, 0.15) is 11.6 Å². The van der Waals surface area contributed by atoms with E-state index in [-0.39, 0.29) is 17.1 Å². The van der Waals surface area contributed by atoms with E-state index >= 15 is 0 Å². The minimum Gasteiger partial charge on any atom is -0.268 e. The molecule has 0 atom stereocenters. The Balaban J connectivity index is 1.94. The molecule has 0 bridgehead atoms. The molecule has 7 heteroatoms. The highest BCUT2D eigenvalue weighted by Gasteiger charge is 2.14. The highest BCUT2D eigenvalue weighted by Crippen LogP contribution is 2.19. The number of aromatic nitrogens is 2. The molecule has 0 radical (unpaired) electrons. The largest absolute Gasteiger partial charge is 0.271 e. The molecular formula is C22H14FN3O3. The third-order valence-corrected chi connectivity index (χ3v) is 4.40. The molecule has 0 unspecified atom stereocenters. The average Bonchev–Trinajstić information content (AvgIpc) is 2.73. The zero-order valence-corrected chi connectivity index (χ0v) is 15.0.